The largest absolute Gasteiger partial charge is 0.266 e. The second kappa shape index (κ2) is 5.73. The average Bonchev–Trinajstić information content (AvgIpc) is 2.61. The van der Waals surface area contributed by atoms with E-state index in [-0.39, 0.29) is 0 Å². The lowest BCUT2D eigenvalue weighted by Crippen LogP contribution is -2.79. The smallest absolute Gasteiger partial charge is 0.212 e. The Labute approximate surface area is 158 Å². The zero-order valence-corrected chi connectivity index (χ0v) is 18.6. The van der Waals surface area contributed by atoms with E-state index >= 15 is 0 Å². The summed E-state index contributed by atoms with van der Waals surface area (Å²) in [6.07, 6.45) is 4.14. The summed E-state index contributed by atoms with van der Waals surface area (Å²) in [7, 11) is -1.50. The number of nitrogens with zero attached hydrogens (tertiary/aromatic N) is 2. The van der Waals surface area contributed by atoms with Gasteiger partial charge in [0.15, 0.2) is 6.20 Å². The van der Waals surface area contributed by atoms with Crippen LogP contribution in [-0.4, -0.2) is 21.1 Å². The maximum atomic E-state index is 4.94. The van der Waals surface area contributed by atoms with Gasteiger partial charge in [-0.25, -0.2) is 4.57 Å². The van der Waals surface area contributed by atoms with Crippen LogP contribution in [0.3, 0.4) is 0 Å². The van der Waals surface area contributed by atoms with Crippen molar-refractivity contribution in [3.63, 3.8) is 0 Å². The quantitative estimate of drug-likeness (QED) is 0.468. The molecule has 3 aromatic rings. The van der Waals surface area contributed by atoms with Crippen LogP contribution in [0.1, 0.15) is 5.56 Å². The monoisotopic (exact) mass is 375 g/mol. The van der Waals surface area contributed by atoms with Crippen LogP contribution < -0.4 is 25.4 Å². The van der Waals surface area contributed by atoms with Gasteiger partial charge in [-0.3, -0.25) is 4.98 Å². The van der Waals surface area contributed by atoms with Gasteiger partial charge in [-0.2, -0.15) is 0 Å². The second-order valence-electron chi connectivity index (χ2n) is 8.53. The highest BCUT2D eigenvalue weighted by atomic mass is 28.3. The highest BCUT2D eigenvalue weighted by Gasteiger charge is 2.47. The Kier molecular flexibility index (Phi) is 3.83. The number of fused-ring (bicyclic) bond motifs is 2. The topological polar surface area (TPSA) is 16.8 Å². The van der Waals surface area contributed by atoms with Crippen LogP contribution in [0.25, 0.3) is 11.3 Å². The van der Waals surface area contributed by atoms with Gasteiger partial charge in [-0.05, 0) is 35.0 Å². The molecule has 1 aromatic carbocycles. The van der Waals surface area contributed by atoms with Crippen LogP contribution in [0.4, 0.5) is 0 Å². The Morgan fingerprint density at radius 2 is 1.62 bits per heavy atom. The summed E-state index contributed by atoms with van der Waals surface area (Å²) >= 11 is 0. The molecule has 0 aliphatic carbocycles. The van der Waals surface area contributed by atoms with E-state index in [0.717, 1.165) is 0 Å². The van der Waals surface area contributed by atoms with E-state index in [9.17, 15) is 0 Å². The molecule has 0 N–H and O–H groups in total. The van der Waals surface area contributed by atoms with Crippen molar-refractivity contribution in [3.05, 3.63) is 60.4 Å². The molecule has 0 spiro atoms. The van der Waals surface area contributed by atoms with Crippen molar-refractivity contribution in [1.82, 2.24) is 4.98 Å². The predicted molar refractivity (Wildman–Crippen MR) is 116 cm³/mol. The Hall–Kier alpha value is -2.05. The number of rotatable bonds is 1. The highest BCUT2D eigenvalue weighted by Crippen LogP contribution is 2.24. The lowest BCUT2D eigenvalue weighted by Gasteiger charge is -2.41. The Balaban J connectivity index is 2.15. The van der Waals surface area contributed by atoms with Crippen LogP contribution in [0, 0.1) is 6.92 Å². The number of pyridine rings is 2. The number of hydrogen-bond donors (Lipinski definition) is 0. The van der Waals surface area contributed by atoms with Gasteiger partial charge >= 0.3 is 0 Å². The Bertz CT molecular complexity index is 1020. The van der Waals surface area contributed by atoms with Crippen LogP contribution in [0.2, 0.25) is 26.2 Å². The van der Waals surface area contributed by atoms with E-state index in [1.54, 1.807) is 10.4 Å². The second-order valence-corrected chi connectivity index (χ2v) is 17.1. The molecule has 132 valence electrons. The summed E-state index contributed by atoms with van der Waals surface area (Å²) in [5.74, 6) is 0. The maximum Gasteiger partial charge on any atom is 0.212 e. The molecule has 0 atom stereocenters. The van der Waals surface area contributed by atoms with Crippen molar-refractivity contribution in [2.45, 2.75) is 33.1 Å². The molecule has 0 unspecified atom stereocenters. The Morgan fingerprint density at radius 3 is 2.35 bits per heavy atom. The molecule has 2 aromatic heterocycles. The molecule has 3 heterocycles. The van der Waals surface area contributed by atoms with Gasteiger partial charge in [0, 0.05) is 29.2 Å². The van der Waals surface area contributed by atoms with Crippen molar-refractivity contribution in [1.29, 1.82) is 0 Å². The van der Waals surface area contributed by atoms with Crippen molar-refractivity contribution in [2.75, 3.05) is 0 Å². The van der Waals surface area contributed by atoms with Crippen LogP contribution in [0.15, 0.2) is 54.9 Å². The minimum absolute atomic E-state index is 1.31. The minimum atomic E-state index is -1.89. The van der Waals surface area contributed by atoms with E-state index in [1.165, 1.54) is 27.3 Å². The fraction of sp³-hybridized carbons (Fsp3) is 0.273. The number of hydrogen-bond acceptors (Lipinski definition) is 1. The highest BCUT2D eigenvalue weighted by molar-refractivity contribution is 7.16. The number of benzene rings is 1. The fourth-order valence-corrected chi connectivity index (χ4v) is 14.2. The molecule has 0 bridgehead atoms. The summed E-state index contributed by atoms with van der Waals surface area (Å²) < 4.78 is 2.26. The van der Waals surface area contributed by atoms with E-state index in [4.69, 9.17) is 4.98 Å². The van der Waals surface area contributed by atoms with Crippen molar-refractivity contribution < 1.29 is 4.57 Å². The number of aryl methyl sites for hydroxylation is 2. The van der Waals surface area contributed by atoms with Gasteiger partial charge in [0.1, 0.15) is 23.2 Å². The maximum absolute atomic E-state index is 4.94. The van der Waals surface area contributed by atoms with E-state index in [2.05, 4.69) is 93.4 Å². The summed E-state index contributed by atoms with van der Waals surface area (Å²) in [6, 6.07) is 15.7. The molecule has 4 heteroatoms. The first-order valence-electron chi connectivity index (χ1n) is 9.32. The third kappa shape index (κ3) is 2.28. The minimum Gasteiger partial charge on any atom is -0.266 e. The van der Waals surface area contributed by atoms with Crippen LogP contribution >= 0.6 is 0 Å². The molecule has 26 heavy (non-hydrogen) atoms. The van der Waals surface area contributed by atoms with Gasteiger partial charge in [0.25, 0.3) is 0 Å². The lowest BCUT2D eigenvalue weighted by atomic mass is 10.0. The molecule has 4 rings (SSSR count). The zero-order valence-electron chi connectivity index (χ0n) is 16.6. The molecule has 0 fully saturated rings. The van der Waals surface area contributed by atoms with Gasteiger partial charge in [0.2, 0.25) is 5.69 Å². The number of aromatic nitrogens is 2. The van der Waals surface area contributed by atoms with Crippen molar-refractivity contribution in [3.8, 4) is 11.3 Å². The van der Waals surface area contributed by atoms with Gasteiger partial charge < -0.3 is 0 Å². The SMILES string of the molecule is Cc1ccc2c(c1-c1cccc[n+]1C)[Si](C)(C)c1ncccc1[Si]2(C)C. The normalized spacial score (nSPS) is 16.7. The zero-order chi connectivity index (χ0) is 18.7. The molecular formula is C22H27N2Si2+. The third-order valence-electron chi connectivity index (χ3n) is 6.10. The first-order valence-corrected chi connectivity index (χ1v) is 15.3. The van der Waals surface area contributed by atoms with Crippen LogP contribution in [-0.2, 0) is 7.05 Å². The summed E-state index contributed by atoms with van der Waals surface area (Å²) in [4.78, 5) is 4.94. The fourth-order valence-electron chi connectivity index (χ4n) is 4.66. The van der Waals surface area contributed by atoms with Crippen molar-refractivity contribution in [2.24, 2.45) is 7.05 Å². The van der Waals surface area contributed by atoms with Gasteiger partial charge in [0.05, 0.1) is 0 Å². The summed E-state index contributed by atoms with van der Waals surface area (Å²) in [6.45, 7) is 12.2. The molecule has 0 saturated carbocycles. The molecule has 1 aliphatic rings. The Morgan fingerprint density at radius 1 is 0.846 bits per heavy atom. The molecule has 0 amide bonds. The summed E-state index contributed by atoms with van der Waals surface area (Å²) in [5.41, 5.74) is 4.13. The van der Waals surface area contributed by atoms with E-state index < -0.39 is 16.1 Å². The third-order valence-corrected chi connectivity index (χ3v) is 13.5. The predicted octanol–water partition coefficient (Wildman–Crippen LogP) is 1.84. The van der Waals surface area contributed by atoms with Gasteiger partial charge in [-0.1, -0.05) is 49.6 Å². The van der Waals surface area contributed by atoms with Crippen LogP contribution in [0.5, 0.6) is 0 Å². The first-order chi connectivity index (χ1) is 12.3. The average molecular weight is 376 g/mol. The summed E-state index contributed by atoms with van der Waals surface area (Å²) in [5, 5.41) is 6.16. The molecule has 2 nitrogen and oxygen atoms in total. The molecule has 1 aliphatic heterocycles. The molecule has 0 saturated heterocycles. The molecular weight excluding hydrogens is 348 g/mol. The van der Waals surface area contributed by atoms with E-state index in [1.807, 2.05) is 6.20 Å². The first kappa shape index (κ1) is 17.4. The lowest BCUT2D eigenvalue weighted by molar-refractivity contribution is -0.660. The molecule has 0 radical (unpaired) electrons. The van der Waals surface area contributed by atoms with Gasteiger partial charge in [-0.15, -0.1) is 0 Å². The standard InChI is InChI=1S/C22H27N2Si2/c1-16-12-13-18-21(20(16)17-10-7-8-15-24(17)2)26(5,6)22-19(25(18,3)4)11-9-14-23-22/h7-15H,1-6H3/q+1. The van der Waals surface area contributed by atoms with Crippen molar-refractivity contribution >= 4 is 37.0 Å². The van der Waals surface area contributed by atoms with E-state index in [0.29, 0.717) is 0 Å².